The summed E-state index contributed by atoms with van der Waals surface area (Å²) in [5.41, 5.74) is 0.229. The van der Waals surface area contributed by atoms with Gasteiger partial charge in [0.15, 0.2) is 0 Å². The number of benzene rings is 1. The molecule has 0 amide bonds. The molecule has 2 fully saturated rings. The second-order valence-corrected chi connectivity index (χ2v) is 5.72. The summed E-state index contributed by atoms with van der Waals surface area (Å²) in [5, 5.41) is 0. The number of rotatable bonds is 4. The molecule has 110 valence electrons. The van der Waals surface area contributed by atoms with Crippen molar-refractivity contribution >= 4 is 12.1 Å². The van der Waals surface area contributed by atoms with Crippen molar-refractivity contribution in [3.05, 3.63) is 29.8 Å². The van der Waals surface area contributed by atoms with Crippen LogP contribution < -0.4 is 24.3 Å². The maximum atomic E-state index is 14.2. The zero-order valence-electron chi connectivity index (χ0n) is 12.7. The number of nitrogens with zero attached hydrogens (tertiary/aromatic N) is 1. The van der Waals surface area contributed by atoms with Gasteiger partial charge in [-0.2, -0.15) is 17.6 Å². The molecule has 1 aromatic rings. The molecule has 2 saturated heterocycles. The van der Waals surface area contributed by atoms with Crippen molar-refractivity contribution in [3.8, 4) is 0 Å². The fourth-order valence-corrected chi connectivity index (χ4v) is 3.70. The molecule has 1 aromatic carbocycles. The Morgan fingerprint density at radius 2 is 1.95 bits per heavy atom. The molecule has 0 atom stereocenters. The third-order valence-electron chi connectivity index (χ3n) is 4.75. The molecular weight excluding hydrogens is 270 g/mol. The van der Waals surface area contributed by atoms with Gasteiger partial charge >= 0.3 is 25.5 Å². The summed E-state index contributed by atoms with van der Waals surface area (Å²) in [5.74, 6) is -1.84. The standard InChI is InChI=1S/C14H19BF2NO2.Li/c1-2-3-7-18-8-10-19-15(18,20-11-9-18)12-5-4-6-13(16)14(12)17;/h4-5H,2-3,7-11H2,1H3;/q-1;+1. The topological polar surface area (TPSA) is 18.5 Å². The molecule has 3 nitrogen and oxygen atoms in total. The van der Waals surface area contributed by atoms with E-state index in [0.29, 0.717) is 17.6 Å². The van der Waals surface area contributed by atoms with Crippen LogP contribution in [0.5, 0.6) is 0 Å². The molecule has 2 aliphatic rings. The summed E-state index contributed by atoms with van der Waals surface area (Å²) in [6, 6.07) is 5.20. The quantitative estimate of drug-likeness (QED) is 0.501. The van der Waals surface area contributed by atoms with E-state index in [9.17, 15) is 8.78 Å². The van der Waals surface area contributed by atoms with Gasteiger partial charge in [-0.1, -0.05) is 13.3 Å². The maximum absolute atomic E-state index is 14.2. The first-order valence-corrected chi connectivity index (χ1v) is 7.29. The van der Waals surface area contributed by atoms with Crippen LogP contribution in [-0.4, -0.2) is 43.9 Å². The van der Waals surface area contributed by atoms with E-state index < -0.39 is 18.3 Å². The van der Waals surface area contributed by atoms with Crippen molar-refractivity contribution < 1.29 is 41.3 Å². The molecule has 0 spiro atoms. The van der Waals surface area contributed by atoms with Gasteiger partial charge < -0.3 is 13.7 Å². The van der Waals surface area contributed by atoms with Gasteiger partial charge in [0.1, 0.15) is 0 Å². The smallest absolute Gasteiger partial charge is 0.507 e. The van der Waals surface area contributed by atoms with Crippen molar-refractivity contribution in [2.24, 2.45) is 0 Å². The van der Waals surface area contributed by atoms with Gasteiger partial charge in [0, 0.05) is 18.2 Å². The van der Waals surface area contributed by atoms with E-state index in [4.69, 9.17) is 9.31 Å². The molecular formula is C14H19BF2LiNO2. The van der Waals surface area contributed by atoms with Gasteiger partial charge in [-0.3, -0.25) is 4.39 Å². The van der Waals surface area contributed by atoms with E-state index in [1.807, 2.05) is 0 Å². The summed E-state index contributed by atoms with van der Waals surface area (Å²) in [6.07, 6.45) is 2.09. The van der Waals surface area contributed by atoms with Crippen LogP contribution in [-0.2, 0) is 9.31 Å². The van der Waals surface area contributed by atoms with Gasteiger partial charge in [-0.15, -0.1) is 6.07 Å². The van der Waals surface area contributed by atoms with Gasteiger partial charge in [-0.05, 0) is 6.42 Å². The van der Waals surface area contributed by atoms with Crippen LogP contribution in [0, 0.1) is 17.7 Å². The number of hydrogen-bond acceptors (Lipinski definition) is 2. The van der Waals surface area contributed by atoms with Crippen LogP contribution in [0.4, 0.5) is 8.78 Å². The van der Waals surface area contributed by atoms with E-state index >= 15 is 0 Å². The average Bonchev–Trinajstić information content (AvgIpc) is 2.95. The number of hydrogen-bond donors (Lipinski definition) is 0. The molecule has 0 N–H and O–H groups in total. The zero-order valence-corrected chi connectivity index (χ0v) is 12.7. The summed E-state index contributed by atoms with van der Waals surface area (Å²) in [6.45, 7) is 3.72. The predicted molar refractivity (Wildman–Crippen MR) is 72.3 cm³/mol. The fourth-order valence-electron chi connectivity index (χ4n) is 3.70. The average molecular weight is 289 g/mol. The Bertz CT molecular complexity index is 508. The maximum Gasteiger partial charge on any atom is 1.00 e. The zero-order chi connectivity index (χ0) is 14.2. The Morgan fingerprint density at radius 3 is 2.57 bits per heavy atom. The van der Waals surface area contributed by atoms with Crippen molar-refractivity contribution in [1.29, 1.82) is 0 Å². The van der Waals surface area contributed by atoms with Crippen LogP contribution in [0.1, 0.15) is 19.8 Å². The Balaban J connectivity index is 0.00000161. The molecule has 7 heteroatoms. The monoisotopic (exact) mass is 289 g/mol. The fraction of sp³-hybridized carbons (Fsp3) is 0.571. The number of fused-ring (bicyclic) bond motifs is 1. The first-order chi connectivity index (χ1) is 9.65. The summed E-state index contributed by atoms with van der Waals surface area (Å²) in [4.78, 5) is 0. The molecule has 2 aliphatic heterocycles. The molecule has 0 saturated carbocycles. The van der Waals surface area contributed by atoms with Gasteiger partial charge in [0.2, 0.25) is 0 Å². The Hall–Kier alpha value is -0.378. The Morgan fingerprint density at radius 1 is 1.29 bits per heavy atom. The van der Waals surface area contributed by atoms with Crippen LogP contribution >= 0.6 is 0 Å². The minimum atomic E-state index is -1.97. The minimum Gasteiger partial charge on any atom is -0.507 e. The van der Waals surface area contributed by atoms with Crippen molar-refractivity contribution in [2.45, 2.75) is 19.8 Å². The number of halogens is 2. The van der Waals surface area contributed by atoms with Crippen LogP contribution in [0.2, 0.25) is 0 Å². The summed E-state index contributed by atoms with van der Waals surface area (Å²) < 4.78 is 40.1. The van der Waals surface area contributed by atoms with E-state index in [-0.39, 0.29) is 24.3 Å². The largest absolute Gasteiger partial charge is 1.00 e. The molecule has 0 aromatic heterocycles. The minimum absolute atomic E-state index is 0. The van der Waals surface area contributed by atoms with E-state index in [1.54, 1.807) is 6.07 Å². The molecule has 21 heavy (non-hydrogen) atoms. The van der Waals surface area contributed by atoms with Crippen molar-refractivity contribution in [3.63, 3.8) is 0 Å². The van der Waals surface area contributed by atoms with Crippen molar-refractivity contribution in [1.82, 2.24) is 0 Å². The Kier molecular flexibility index (Phi) is 5.17. The van der Waals surface area contributed by atoms with Crippen molar-refractivity contribution in [2.75, 3.05) is 32.8 Å². The Labute approximate surface area is 136 Å². The van der Waals surface area contributed by atoms with Gasteiger partial charge in [-0.25, -0.2) is 4.39 Å². The summed E-state index contributed by atoms with van der Waals surface area (Å²) >= 11 is 0. The number of quaternary nitrogens is 1. The van der Waals surface area contributed by atoms with Crippen LogP contribution in [0.15, 0.2) is 12.1 Å². The van der Waals surface area contributed by atoms with Gasteiger partial charge in [0.05, 0.1) is 26.3 Å². The first-order valence-electron chi connectivity index (χ1n) is 7.29. The normalized spacial score (nSPS) is 31.0. The second-order valence-electron chi connectivity index (χ2n) is 5.72. The van der Waals surface area contributed by atoms with Crippen LogP contribution in [0.25, 0.3) is 0 Å². The first kappa shape index (κ1) is 17.0. The third kappa shape index (κ3) is 2.47. The number of unbranched alkanes of at least 4 members (excludes halogenated alkanes) is 1. The van der Waals surface area contributed by atoms with E-state index in [1.165, 1.54) is 6.07 Å². The van der Waals surface area contributed by atoms with E-state index in [2.05, 4.69) is 13.0 Å². The van der Waals surface area contributed by atoms with Crippen LogP contribution in [0.3, 0.4) is 0 Å². The third-order valence-corrected chi connectivity index (χ3v) is 4.75. The van der Waals surface area contributed by atoms with E-state index in [0.717, 1.165) is 32.5 Å². The predicted octanol–water partition coefficient (Wildman–Crippen LogP) is -1.41. The molecule has 3 rings (SSSR count). The molecule has 0 aliphatic carbocycles. The molecule has 0 unspecified atom stereocenters. The molecule has 0 radical (unpaired) electrons. The second kappa shape index (κ2) is 6.39. The van der Waals surface area contributed by atoms with Gasteiger partial charge in [0.25, 0.3) is 0 Å². The SMILES string of the molecule is CCCC[N+]12CCO[B-]1(c1cc[c-]c(F)c1F)OCC2.[Li+]. The molecule has 2 heterocycles. The molecule has 0 bridgehead atoms. The summed E-state index contributed by atoms with van der Waals surface area (Å²) in [7, 11) is 0.